The van der Waals surface area contributed by atoms with Gasteiger partial charge in [-0.05, 0) is 19.1 Å². The maximum Gasteiger partial charge on any atom is 0.276 e. The number of H-pyrrole nitrogens is 1. The molecule has 6 nitrogen and oxygen atoms in total. The predicted molar refractivity (Wildman–Crippen MR) is 94.1 cm³/mol. The summed E-state index contributed by atoms with van der Waals surface area (Å²) in [7, 11) is 0. The molecule has 3 heterocycles. The largest absolute Gasteiger partial charge is 0.360 e. The summed E-state index contributed by atoms with van der Waals surface area (Å²) in [5, 5.41) is 6.35. The van der Waals surface area contributed by atoms with Gasteiger partial charge in [-0.15, -0.1) is 11.3 Å². The average Bonchev–Trinajstić information content (AvgIpc) is 3.21. The first-order chi connectivity index (χ1) is 11.7. The highest BCUT2D eigenvalue weighted by Crippen LogP contribution is 2.30. The number of para-hydroxylation sites is 1. The molecule has 0 saturated carbocycles. The normalized spacial score (nSPS) is 10.9. The molecule has 0 saturated heterocycles. The van der Waals surface area contributed by atoms with Crippen LogP contribution in [0.1, 0.15) is 16.3 Å². The number of hydrogen-bond acceptors (Lipinski definition) is 5. The number of amides is 1. The van der Waals surface area contributed by atoms with Gasteiger partial charge in [-0.1, -0.05) is 18.2 Å². The highest BCUT2D eigenvalue weighted by molar-refractivity contribution is 7.14. The zero-order chi connectivity index (χ0) is 16.5. The highest BCUT2D eigenvalue weighted by atomic mass is 32.1. The van der Waals surface area contributed by atoms with Gasteiger partial charge in [-0.2, -0.15) is 0 Å². The fraction of sp³-hybridized carbons (Fsp3) is 0.0588. The minimum absolute atomic E-state index is 0.291. The van der Waals surface area contributed by atoms with Crippen LogP contribution in [0.2, 0.25) is 0 Å². The SMILES string of the molecule is Cc1nccc(C(=O)Nc2nc(-c3c[nH]c4ccccc34)cs2)n1. The number of carbonyl (C=O) groups excluding carboxylic acids is 1. The number of hydrogen-bond donors (Lipinski definition) is 2. The van der Waals surface area contributed by atoms with E-state index in [2.05, 4.69) is 25.3 Å². The van der Waals surface area contributed by atoms with Crippen molar-refractivity contribution < 1.29 is 4.79 Å². The van der Waals surface area contributed by atoms with Crippen molar-refractivity contribution in [3.63, 3.8) is 0 Å². The Bertz CT molecular complexity index is 1040. The number of thiazole rings is 1. The molecule has 3 aromatic heterocycles. The van der Waals surface area contributed by atoms with Gasteiger partial charge in [0, 0.05) is 34.2 Å². The Morgan fingerprint density at radius 2 is 2.08 bits per heavy atom. The summed E-state index contributed by atoms with van der Waals surface area (Å²) in [5.74, 6) is 0.265. The molecule has 0 unspecified atom stereocenters. The molecule has 118 valence electrons. The number of nitrogens with zero attached hydrogens (tertiary/aromatic N) is 3. The van der Waals surface area contributed by atoms with Crippen LogP contribution in [0.3, 0.4) is 0 Å². The van der Waals surface area contributed by atoms with Crippen molar-refractivity contribution in [2.24, 2.45) is 0 Å². The predicted octanol–water partition coefficient (Wildman–Crippen LogP) is 3.64. The molecule has 0 aliphatic heterocycles. The lowest BCUT2D eigenvalue weighted by Gasteiger charge is -2.01. The van der Waals surface area contributed by atoms with Crippen molar-refractivity contribution in [3.05, 3.63) is 59.6 Å². The van der Waals surface area contributed by atoms with Crippen molar-refractivity contribution >= 4 is 33.3 Å². The molecule has 0 spiro atoms. The molecule has 1 amide bonds. The summed E-state index contributed by atoms with van der Waals surface area (Å²) in [6.07, 6.45) is 3.50. The summed E-state index contributed by atoms with van der Waals surface area (Å²) < 4.78 is 0. The lowest BCUT2D eigenvalue weighted by Crippen LogP contribution is -2.14. The number of aromatic amines is 1. The van der Waals surface area contributed by atoms with Crippen LogP contribution in [0.25, 0.3) is 22.2 Å². The molecule has 0 atom stereocenters. The Hall–Kier alpha value is -3.06. The molecular weight excluding hydrogens is 322 g/mol. The second kappa shape index (κ2) is 5.86. The van der Waals surface area contributed by atoms with Gasteiger partial charge < -0.3 is 4.98 Å². The van der Waals surface area contributed by atoms with E-state index in [1.54, 1.807) is 19.2 Å². The third-order valence-corrected chi connectivity index (χ3v) is 4.36. The average molecular weight is 335 g/mol. The third kappa shape index (κ3) is 2.65. The molecule has 2 N–H and O–H groups in total. The van der Waals surface area contributed by atoms with Crippen LogP contribution in [0.15, 0.2) is 48.1 Å². The van der Waals surface area contributed by atoms with Crippen LogP contribution >= 0.6 is 11.3 Å². The molecule has 0 aliphatic carbocycles. The minimum Gasteiger partial charge on any atom is -0.360 e. The van der Waals surface area contributed by atoms with E-state index in [9.17, 15) is 4.79 Å². The number of aryl methyl sites for hydroxylation is 1. The molecule has 0 bridgehead atoms. The lowest BCUT2D eigenvalue weighted by molar-refractivity contribution is 0.102. The van der Waals surface area contributed by atoms with Gasteiger partial charge in [0.1, 0.15) is 11.5 Å². The first-order valence-corrected chi connectivity index (χ1v) is 8.22. The van der Waals surface area contributed by atoms with Crippen molar-refractivity contribution in [2.75, 3.05) is 5.32 Å². The zero-order valence-corrected chi connectivity index (χ0v) is 13.6. The Morgan fingerprint density at radius 1 is 1.21 bits per heavy atom. The van der Waals surface area contributed by atoms with E-state index in [1.165, 1.54) is 11.3 Å². The van der Waals surface area contributed by atoms with Crippen molar-refractivity contribution in [1.29, 1.82) is 0 Å². The quantitative estimate of drug-likeness (QED) is 0.599. The fourth-order valence-electron chi connectivity index (χ4n) is 2.48. The Morgan fingerprint density at radius 3 is 2.96 bits per heavy atom. The van der Waals surface area contributed by atoms with E-state index in [-0.39, 0.29) is 5.91 Å². The molecule has 4 rings (SSSR count). The molecule has 1 aromatic carbocycles. The van der Waals surface area contributed by atoms with Crippen molar-refractivity contribution in [2.45, 2.75) is 6.92 Å². The Labute approximate surface area is 141 Å². The van der Waals surface area contributed by atoms with Crippen molar-refractivity contribution in [3.8, 4) is 11.3 Å². The van der Waals surface area contributed by atoms with Crippen LogP contribution in [-0.2, 0) is 0 Å². The summed E-state index contributed by atoms with van der Waals surface area (Å²) in [5.41, 5.74) is 3.22. The zero-order valence-electron chi connectivity index (χ0n) is 12.8. The number of benzene rings is 1. The molecule has 4 aromatic rings. The molecule has 7 heteroatoms. The molecule has 0 fully saturated rings. The first kappa shape index (κ1) is 14.5. The van der Waals surface area contributed by atoms with Crippen LogP contribution in [-0.4, -0.2) is 25.8 Å². The lowest BCUT2D eigenvalue weighted by atomic mass is 10.1. The standard InChI is InChI=1S/C17H13N5OS/c1-10-18-7-6-14(20-10)16(23)22-17-21-15(9-24-17)12-8-19-13-5-3-2-4-11(12)13/h2-9,19H,1H3,(H,21,22,23). The number of nitrogens with one attached hydrogen (secondary N) is 2. The van der Waals surface area contributed by atoms with Crippen LogP contribution < -0.4 is 5.32 Å². The maximum absolute atomic E-state index is 12.2. The monoisotopic (exact) mass is 335 g/mol. The van der Waals surface area contributed by atoms with Gasteiger partial charge >= 0.3 is 0 Å². The topological polar surface area (TPSA) is 83.6 Å². The number of carbonyl (C=O) groups is 1. The van der Waals surface area contributed by atoms with E-state index in [0.717, 1.165) is 22.2 Å². The van der Waals surface area contributed by atoms with Gasteiger partial charge in [0.15, 0.2) is 5.13 Å². The Balaban J connectivity index is 1.60. The van der Waals surface area contributed by atoms with E-state index in [4.69, 9.17) is 0 Å². The summed E-state index contributed by atoms with van der Waals surface area (Å²) >= 11 is 1.38. The van der Waals surface area contributed by atoms with Crippen LogP contribution in [0.5, 0.6) is 0 Å². The van der Waals surface area contributed by atoms with Crippen LogP contribution in [0.4, 0.5) is 5.13 Å². The second-order valence-electron chi connectivity index (χ2n) is 5.23. The van der Waals surface area contributed by atoms with Gasteiger partial charge in [-0.3, -0.25) is 10.1 Å². The van der Waals surface area contributed by atoms with Gasteiger partial charge in [0.2, 0.25) is 0 Å². The van der Waals surface area contributed by atoms with Crippen molar-refractivity contribution in [1.82, 2.24) is 19.9 Å². The number of fused-ring (bicyclic) bond motifs is 1. The number of anilines is 1. The smallest absolute Gasteiger partial charge is 0.276 e. The van der Waals surface area contributed by atoms with E-state index in [0.29, 0.717) is 16.6 Å². The summed E-state index contributed by atoms with van der Waals surface area (Å²) in [4.78, 5) is 28.1. The highest BCUT2D eigenvalue weighted by Gasteiger charge is 2.13. The molecule has 24 heavy (non-hydrogen) atoms. The summed E-state index contributed by atoms with van der Waals surface area (Å²) in [6, 6.07) is 9.62. The third-order valence-electron chi connectivity index (χ3n) is 3.60. The Kier molecular flexibility index (Phi) is 3.55. The van der Waals surface area contributed by atoms with Crippen LogP contribution in [0, 0.1) is 6.92 Å². The molecule has 0 radical (unpaired) electrons. The molecule has 0 aliphatic rings. The molecular formula is C17H13N5OS. The number of rotatable bonds is 3. The fourth-order valence-corrected chi connectivity index (χ4v) is 3.19. The summed E-state index contributed by atoms with van der Waals surface area (Å²) in [6.45, 7) is 1.75. The first-order valence-electron chi connectivity index (χ1n) is 7.34. The van der Waals surface area contributed by atoms with E-state index < -0.39 is 0 Å². The number of aromatic nitrogens is 4. The second-order valence-corrected chi connectivity index (χ2v) is 6.09. The van der Waals surface area contributed by atoms with Gasteiger partial charge in [0.25, 0.3) is 5.91 Å². The van der Waals surface area contributed by atoms with Gasteiger partial charge in [-0.25, -0.2) is 15.0 Å². The van der Waals surface area contributed by atoms with E-state index in [1.807, 2.05) is 35.8 Å². The van der Waals surface area contributed by atoms with Gasteiger partial charge in [0.05, 0.1) is 5.69 Å². The van der Waals surface area contributed by atoms with E-state index >= 15 is 0 Å². The maximum atomic E-state index is 12.2. The minimum atomic E-state index is -0.291.